The fraction of sp³-hybridized carbons (Fsp3) is 0.227. The van der Waals surface area contributed by atoms with Gasteiger partial charge in [-0.1, -0.05) is 0 Å². The molecule has 14 heteroatoms. The van der Waals surface area contributed by atoms with Crippen molar-refractivity contribution >= 4 is 34.5 Å². The molecule has 0 aliphatic carbocycles. The Balaban J connectivity index is 1.47. The van der Waals surface area contributed by atoms with Crippen LogP contribution < -0.4 is 11.2 Å². The molecule has 5 rings (SSSR count). The van der Waals surface area contributed by atoms with Gasteiger partial charge in [0.15, 0.2) is 0 Å². The van der Waals surface area contributed by atoms with E-state index in [-0.39, 0.29) is 31.1 Å². The molecule has 0 bridgehead atoms. The fourth-order valence-electron chi connectivity index (χ4n) is 4.58. The number of benzene rings is 2. The molecule has 0 fully saturated rings. The van der Waals surface area contributed by atoms with Crippen molar-refractivity contribution in [1.82, 2.24) is 30.7 Å². The second-order valence-corrected chi connectivity index (χ2v) is 8.40. The van der Waals surface area contributed by atoms with Crippen molar-refractivity contribution in [3.8, 4) is 0 Å². The minimum absolute atomic E-state index is 0.0263. The van der Waals surface area contributed by atoms with Crippen LogP contribution in [0.25, 0.3) is 11.0 Å². The number of nitro groups is 1. The van der Waals surface area contributed by atoms with E-state index < -0.39 is 28.9 Å². The van der Waals surface area contributed by atoms with Crippen molar-refractivity contribution in [3.63, 3.8) is 0 Å². The van der Waals surface area contributed by atoms with E-state index in [1.807, 2.05) is 0 Å². The molecule has 2 aliphatic heterocycles. The van der Waals surface area contributed by atoms with Crippen molar-refractivity contribution in [2.45, 2.75) is 18.5 Å². The van der Waals surface area contributed by atoms with Crippen LogP contribution in [-0.2, 0) is 9.59 Å². The number of primary amides is 1. The van der Waals surface area contributed by atoms with E-state index in [1.54, 1.807) is 23.1 Å². The molecule has 1 aromatic heterocycles. The molecule has 0 spiro atoms. The molecule has 36 heavy (non-hydrogen) atoms. The van der Waals surface area contributed by atoms with E-state index in [4.69, 9.17) is 5.73 Å². The third-order valence-electron chi connectivity index (χ3n) is 6.31. The Hall–Kier alpha value is -4.85. The molecule has 0 saturated carbocycles. The molecule has 0 saturated heterocycles. The predicted octanol–water partition coefficient (Wildman–Crippen LogP) is 0.466. The van der Waals surface area contributed by atoms with Crippen LogP contribution in [0.1, 0.15) is 28.4 Å². The van der Waals surface area contributed by atoms with Crippen LogP contribution in [0.15, 0.2) is 53.7 Å². The lowest BCUT2D eigenvalue weighted by Crippen LogP contribution is -2.48. The first-order valence-corrected chi connectivity index (χ1v) is 10.9. The first-order chi connectivity index (χ1) is 17.2. The lowest BCUT2D eigenvalue weighted by molar-refractivity contribution is -0.384. The van der Waals surface area contributed by atoms with Crippen LogP contribution in [0.2, 0.25) is 0 Å². The van der Waals surface area contributed by atoms with Gasteiger partial charge < -0.3 is 15.7 Å². The zero-order chi connectivity index (χ0) is 25.6. The van der Waals surface area contributed by atoms with Crippen molar-refractivity contribution in [1.29, 1.82) is 0 Å². The average Bonchev–Trinajstić information content (AvgIpc) is 3.48. The number of aromatic amines is 1. The summed E-state index contributed by atoms with van der Waals surface area (Å²) >= 11 is 0. The number of nitrogens with one attached hydrogen (secondary N) is 2. The molecule has 2 aromatic carbocycles. The number of nitrogens with two attached hydrogens (primary N) is 1. The second-order valence-electron chi connectivity index (χ2n) is 8.40. The van der Waals surface area contributed by atoms with Gasteiger partial charge in [0.1, 0.15) is 23.1 Å². The minimum Gasteiger partial charge on any atom is -0.480 e. The Morgan fingerprint density at radius 3 is 2.53 bits per heavy atom. The van der Waals surface area contributed by atoms with Gasteiger partial charge in [0.2, 0.25) is 5.91 Å². The molecular weight excluding hydrogens is 472 g/mol. The number of aromatic nitrogens is 3. The number of rotatable bonds is 6. The summed E-state index contributed by atoms with van der Waals surface area (Å²) in [4.78, 5) is 49.8. The van der Waals surface area contributed by atoms with Crippen molar-refractivity contribution in [2.75, 3.05) is 13.1 Å². The van der Waals surface area contributed by atoms with Crippen LogP contribution in [0.3, 0.4) is 0 Å². The maximum Gasteiger partial charge on any atom is 0.326 e. The molecule has 14 nitrogen and oxygen atoms in total. The number of non-ortho nitro benzene ring substituents is 1. The van der Waals surface area contributed by atoms with E-state index in [9.17, 15) is 29.6 Å². The van der Waals surface area contributed by atoms with Crippen LogP contribution in [0, 0.1) is 10.1 Å². The van der Waals surface area contributed by atoms with E-state index in [0.717, 1.165) is 0 Å². The highest BCUT2D eigenvalue weighted by Gasteiger charge is 2.43. The lowest BCUT2D eigenvalue weighted by Gasteiger charge is -2.35. The first-order valence-electron chi connectivity index (χ1n) is 10.9. The molecule has 2 atom stereocenters. The van der Waals surface area contributed by atoms with Crippen molar-refractivity contribution in [3.05, 3.63) is 75.0 Å². The Bertz CT molecular complexity index is 1430. The largest absolute Gasteiger partial charge is 0.480 e. The third-order valence-corrected chi connectivity index (χ3v) is 6.31. The topological polar surface area (TPSA) is 201 Å². The average molecular weight is 492 g/mol. The van der Waals surface area contributed by atoms with E-state index in [2.05, 4.69) is 20.8 Å². The number of H-pyrrole nitrogens is 1. The summed E-state index contributed by atoms with van der Waals surface area (Å²) in [5.41, 5.74) is 11.2. The highest BCUT2D eigenvalue weighted by Crippen LogP contribution is 2.35. The number of hydrazine groups is 1. The summed E-state index contributed by atoms with van der Waals surface area (Å²) in [5, 5.41) is 32.6. The summed E-state index contributed by atoms with van der Waals surface area (Å²) in [6.07, 6.45) is 0.263. The van der Waals surface area contributed by atoms with Crippen molar-refractivity contribution in [2.24, 2.45) is 5.73 Å². The van der Waals surface area contributed by atoms with Gasteiger partial charge >= 0.3 is 5.97 Å². The lowest BCUT2D eigenvalue weighted by atomic mass is 9.98. The van der Waals surface area contributed by atoms with Gasteiger partial charge in [-0.25, -0.2) is 5.43 Å². The molecular formula is C22H20N8O6. The summed E-state index contributed by atoms with van der Waals surface area (Å²) in [5.74, 6) is -2.24. The monoisotopic (exact) mass is 492 g/mol. The number of aliphatic carboxylic acids is 1. The van der Waals surface area contributed by atoms with Crippen LogP contribution >= 0.6 is 0 Å². The summed E-state index contributed by atoms with van der Waals surface area (Å²) in [6, 6.07) is 7.89. The van der Waals surface area contributed by atoms with Crippen LogP contribution in [0.5, 0.6) is 0 Å². The smallest absolute Gasteiger partial charge is 0.326 e. The second kappa shape index (κ2) is 8.74. The van der Waals surface area contributed by atoms with E-state index in [0.29, 0.717) is 33.4 Å². The molecule has 3 heterocycles. The number of nitro benzene ring substituents is 1. The van der Waals surface area contributed by atoms with Gasteiger partial charge in [-0.3, -0.25) is 29.5 Å². The number of carbonyl (C=O) groups is 3. The summed E-state index contributed by atoms with van der Waals surface area (Å²) in [6.45, 7) is 0.297. The number of hydrogen-bond acceptors (Lipinski definition) is 9. The third kappa shape index (κ3) is 3.88. The molecule has 0 radical (unpaired) electrons. The van der Waals surface area contributed by atoms with Crippen LogP contribution in [0.4, 0.5) is 5.69 Å². The standard InChI is InChI=1S/C22H20N8O6/c23-20(31)19(11-1-4-13(5-2-11)30(35)36)29-17-10-28(8-7-14(17)18(26-29)22(33)34)21(32)12-3-6-15-16(9-12)25-27-24-15/h1-6,9,18-19,26H,7-8,10H2,(H2,23,31)(H,33,34)(H,24,25,27). The SMILES string of the molecule is NC(=O)C(c1ccc([N+](=O)[O-])cc1)N1NC(C(=O)O)C2=C1CN(C(=O)c1ccc3n[nH]nc3c1)CC2. The Morgan fingerprint density at radius 1 is 1.14 bits per heavy atom. The predicted molar refractivity (Wildman–Crippen MR) is 123 cm³/mol. The Morgan fingerprint density at radius 2 is 1.86 bits per heavy atom. The van der Waals surface area contributed by atoms with E-state index in [1.165, 1.54) is 29.3 Å². The highest BCUT2D eigenvalue weighted by molar-refractivity contribution is 5.97. The summed E-state index contributed by atoms with van der Waals surface area (Å²) in [7, 11) is 0. The molecule has 2 unspecified atom stereocenters. The molecule has 5 N–H and O–H groups in total. The quantitative estimate of drug-likeness (QED) is 0.277. The Labute approximate surface area is 202 Å². The summed E-state index contributed by atoms with van der Waals surface area (Å²) < 4.78 is 0. The van der Waals surface area contributed by atoms with Gasteiger partial charge in [0, 0.05) is 24.2 Å². The normalized spacial score (nSPS) is 18.3. The highest BCUT2D eigenvalue weighted by atomic mass is 16.6. The van der Waals surface area contributed by atoms with Gasteiger partial charge in [-0.2, -0.15) is 15.4 Å². The number of fused-ring (bicyclic) bond motifs is 1. The zero-order valence-corrected chi connectivity index (χ0v) is 18.6. The Kier molecular flexibility index (Phi) is 5.56. The van der Waals surface area contributed by atoms with Gasteiger partial charge in [-0.15, -0.1) is 0 Å². The number of nitrogens with zero attached hydrogens (tertiary/aromatic N) is 5. The van der Waals surface area contributed by atoms with E-state index >= 15 is 0 Å². The van der Waals surface area contributed by atoms with Crippen molar-refractivity contribution < 1.29 is 24.4 Å². The number of hydrogen-bond donors (Lipinski definition) is 4. The fourth-order valence-corrected chi connectivity index (χ4v) is 4.58. The molecule has 3 aromatic rings. The molecule has 184 valence electrons. The van der Waals surface area contributed by atoms with Gasteiger partial charge in [0.25, 0.3) is 11.6 Å². The molecule has 2 aliphatic rings. The maximum atomic E-state index is 13.3. The minimum atomic E-state index is -1.17. The van der Waals surface area contributed by atoms with Crippen LogP contribution in [-0.4, -0.2) is 72.3 Å². The number of carboxylic acids is 1. The molecule has 2 amide bonds. The first kappa shape index (κ1) is 22.9. The van der Waals surface area contributed by atoms with Gasteiger partial charge in [0.05, 0.1) is 17.2 Å². The number of carboxylic acid groups (broad SMARTS) is 1. The number of carbonyl (C=O) groups excluding carboxylic acids is 2. The van der Waals surface area contributed by atoms with Gasteiger partial charge in [-0.05, 0) is 47.9 Å². The zero-order valence-electron chi connectivity index (χ0n) is 18.6. The maximum absolute atomic E-state index is 13.3. The number of amides is 2.